The molecular formula is C32H37N2O+. The normalized spacial score (nSPS) is 12.5. The minimum Gasteiger partial charge on any atom is -0.365 e. The molecule has 3 heteroatoms. The maximum absolute atomic E-state index is 6.61. The summed E-state index contributed by atoms with van der Waals surface area (Å²) in [5.74, 6) is 0.441. The largest absolute Gasteiger partial charge is 0.365 e. The standard InChI is InChI=1S/C32H37N2O/c1-25(2)30-14-8-9-15-31(30)32(35-23-29-17-16-26(3)27(4)21-29)22-34-20-19-33(24-34)18-10-13-28-11-6-5-7-12-28/h5-17,19-21,24-25,32H,18,22-23H2,1-4H3/q+1. The zero-order valence-corrected chi connectivity index (χ0v) is 21.4. The zero-order chi connectivity index (χ0) is 24.6. The van der Waals surface area contributed by atoms with Gasteiger partial charge in [-0.05, 0) is 59.2 Å². The van der Waals surface area contributed by atoms with E-state index in [9.17, 15) is 0 Å². The number of benzene rings is 3. The molecular weight excluding hydrogens is 428 g/mol. The van der Waals surface area contributed by atoms with Crippen LogP contribution in [0.4, 0.5) is 0 Å². The molecule has 0 saturated heterocycles. The van der Waals surface area contributed by atoms with Crippen molar-refractivity contribution in [2.24, 2.45) is 0 Å². The van der Waals surface area contributed by atoms with Crippen LogP contribution in [0, 0.1) is 13.8 Å². The molecule has 1 atom stereocenters. The topological polar surface area (TPSA) is 18.0 Å². The number of aromatic nitrogens is 2. The number of imidazole rings is 1. The lowest BCUT2D eigenvalue weighted by Crippen LogP contribution is -2.30. The van der Waals surface area contributed by atoms with Crippen LogP contribution in [-0.4, -0.2) is 4.57 Å². The molecule has 0 aliphatic rings. The number of ether oxygens (including phenoxy) is 1. The molecule has 3 nitrogen and oxygen atoms in total. The quantitative estimate of drug-likeness (QED) is 0.227. The van der Waals surface area contributed by atoms with E-state index in [2.05, 4.69) is 134 Å². The van der Waals surface area contributed by atoms with Gasteiger partial charge in [-0.1, -0.05) is 92.7 Å². The van der Waals surface area contributed by atoms with Crippen molar-refractivity contribution in [2.75, 3.05) is 0 Å². The number of allylic oxidation sites excluding steroid dienone is 1. The third kappa shape index (κ3) is 6.80. The van der Waals surface area contributed by atoms with Crippen LogP contribution in [0.25, 0.3) is 6.08 Å². The van der Waals surface area contributed by atoms with E-state index >= 15 is 0 Å². The van der Waals surface area contributed by atoms with Crippen LogP contribution in [0.1, 0.15) is 59.3 Å². The van der Waals surface area contributed by atoms with E-state index in [0.29, 0.717) is 12.5 Å². The smallest absolute Gasteiger partial charge is 0.244 e. The fourth-order valence-electron chi connectivity index (χ4n) is 4.38. The molecule has 0 radical (unpaired) electrons. The van der Waals surface area contributed by atoms with Gasteiger partial charge < -0.3 is 4.74 Å². The number of nitrogens with zero attached hydrogens (tertiary/aromatic N) is 2. The number of aryl methyl sites for hydroxylation is 2. The summed E-state index contributed by atoms with van der Waals surface area (Å²) >= 11 is 0. The van der Waals surface area contributed by atoms with Crippen LogP contribution in [-0.2, 0) is 24.4 Å². The highest BCUT2D eigenvalue weighted by atomic mass is 16.5. The minimum absolute atomic E-state index is 0.0316. The Morgan fingerprint density at radius 2 is 1.63 bits per heavy atom. The summed E-state index contributed by atoms with van der Waals surface area (Å²) < 4.78 is 11.0. The summed E-state index contributed by atoms with van der Waals surface area (Å²) in [7, 11) is 0. The number of hydrogen-bond donors (Lipinski definition) is 0. The number of hydrogen-bond acceptors (Lipinski definition) is 1. The molecule has 0 spiro atoms. The predicted molar refractivity (Wildman–Crippen MR) is 144 cm³/mol. The van der Waals surface area contributed by atoms with Gasteiger partial charge in [-0.25, -0.2) is 9.13 Å². The minimum atomic E-state index is -0.0316. The van der Waals surface area contributed by atoms with E-state index in [1.807, 2.05) is 6.07 Å². The van der Waals surface area contributed by atoms with Crippen LogP contribution < -0.4 is 4.57 Å². The van der Waals surface area contributed by atoms with Gasteiger partial charge in [-0.3, -0.25) is 0 Å². The highest BCUT2D eigenvalue weighted by Gasteiger charge is 2.21. The average molecular weight is 466 g/mol. The first-order chi connectivity index (χ1) is 17.0. The Morgan fingerprint density at radius 1 is 0.886 bits per heavy atom. The van der Waals surface area contributed by atoms with Gasteiger partial charge in [0.2, 0.25) is 6.33 Å². The second-order valence-corrected chi connectivity index (χ2v) is 9.62. The van der Waals surface area contributed by atoms with Gasteiger partial charge in [0.1, 0.15) is 31.6 Å². The van der Waals surface area contributed by atoms with Gasteiger partial charge in [0.05, 0.1) is 6.61 Å². The molecule has 0 fully saturated rings. The third-order valence-electron chi connectivity index (χ3n) is 6.54. The molecule has 0 bridgehead atoms. The first-order valence-electron chi connectivity index (χ1n) is 12.5. The zero-order valence-electron chi connectivity index (χ0n) is 21.4. The lowest BCUT2D eigenvalue weighted by molar-refractivity contribution is -0.686. The summed E-state index contributed by atoms with van der Waals surface area (Å²) in [6.45, 7) is 11.0. The molecule has 4 aromatic rings. The summed E-state index contributed by atoms with van der Waals surface area (Å²) in [5.41, 5.74) is 7.68. The Kier molecular flexibility index (Phi) is 8.33. The van der Waals surface area contributed by atoms with Gasteiger partial charge in [0.25, 0.3) is 0 Å². The lowest BCUT2D eigenvalue weighted by Gasteiger charge is -2.22. The molecule has 4 rings (SSSR count). The van der Waals surface area contributed by atoms with Crippen molar-refractivity contribution in [3.05, 3.63) is 131 Å². The van der Waals surface area contributed by atoms with Crippen molar-refractivity contribution in [3.63, 3.8) is 0 Å². The Hall–Kier alpha value is -3.43. The second kappa shape index (κ2) is 11.8. The molecule has 0 aliphatic heterocycles. The second-order valence-electron chi connectivity index (χ2n) is 9.62. The van der Waals surface area contributed by atoms with Gasteiger partial charge in [-0.15, -0.1) is 0 Å². The van der Waals surface area contributed by atoms with Crippen LogP contribution in [0.2, 0.25) is 0 Å². The predicted octanol–water partition coefficient (Wildman–Crippen LogP) is 7.19. The Labute approximate surface area is 210 Å². The van der Waals surface area contributed by atoms with E-state index in [-0.39, 0.29) is 6.10 Å². The summed E-state index contributed by atoms with van der Waals surface area (Å²) in [4.78, 5) is 0. The van der Waals surface area contributed by atoms with E-state index in [4.69, 9.17) is 4.74 Å². The first-order valence-corrected chi connectivity index (χ1v) is 12.5. The molecule has 3 aromatic carbocycles. The Bertz CT molecular complexity index is 1250. The fraction of sp³-hybridized carbons (Fsp3) is 0.281. The van der Waals surface area contributed by atoms with Crippen molar-refractivity contribution in [1.82, 2.24) is 4.57 Å². The van der Waals surface area contributed by atoms with Crippen molar-refractivity contribution in [3.8, 4) is 0 Å². The molecule has 0 aliphatic carbocycles. The lowest BCUT2D eigenvalue weighted by atomic mass is 9.94. The van der Waals surface area contributed by atoms with Crippen molar-refractivity contribution in [2.45, 2.75) is 59.4 Å². The average Bonchev–Trinajstić information content (AvgIpc) is 3.31. The van der Waals surface area contributed by atoms with E-state index in [1.165, 1.54) is 33.4 Å². The highest BCUT2D eigenvalue weighted by molar-refractivity contribution is 5.48. The van der Waals surface area contributed by atoms with Crippen LogP contribution >= 0.6 is 0 Å². The SMILES string of the molecule is Cc1ccc(COC(Cn2cc[n+](CC=Cc3ccccc3)c2)c2ccccc2C(C)C)cc1C. The van der Waals surface area contributed by atoms with Gasteiger partial charge in [0, 0.05) is 0 Å². The third-order valence-corrected chi connectivity index (χ3v) is 6.54. The van der Waals surface area contributed by atoms with Gasteiger partial charge in [-0.2, -0.15) is 0 Å². The summed E-state index contributed by atoms with van der Waals surface area (Å²) in [6, 6.07) is 25.7. The molecule has 0 amide bonds. The van der Waals surface area contributed by atoms with Crippen LogP contribution in [0.3, 0.4) is 0 Å². The Morgan fingerprint density at radius 3 is 2.37 bits per heavy atom. The molecule has 1 aromatic heterocycles. The van der Waals surface area contributed by atoms with Gasteiger partial charge >= 0.3 is 0 Å². The maximum Gasteiger partial charge on any atom is 0.244 e. The van der Waals surface area contributed by atoms with E-state index in [0.717, 1.165) is 13.1 Å². The van der Waals surface area contributed by atoms with Crippen LogP contribution in [0.15, 0.2) is 97.6 Å². The molecule has 0 N–H and O–H groups in total. The van der Waals surface area contributed by atoms with E-state index in [1.54, 1.807) is 0 Å². The van der Waals surface area contributed by atoms with Crippen molar-refractivity contribution in [1.29, 1.82) is 0 Å². The maximum atomic E-state index is 6.61. The van der Waals surface area contributed by atoms with Gasteiger partial charge in [0.15, 0.2) is 0 Å². The summed E-state index contributed by atoms with van der Waals surface area (Å²) in [5, 5.41) is 0. The monoisotopic (exact) mass is 465 g/mol. The highest BCUT2D eigenvalue weighted by Crippen LogP contribution is 2.29. The van der Waals surface area contributed by atoms with E-state index < -0.39 is 0 Å². The fourth-order valence-corrected chi connectivity index (χ4v) is 4.38. The molecule has 180 valence electrons. The summed E-state index contributed by atoms with van der Waals surface area (Å²) in [6.07, 6.45) is 10.8. The van der Waals surface area contributed by atoms with Crippen molar-refractivity contribution < 1.29 is 9.30 Å². The number of rotatable bonds is 10. The molecule has 1 heterocycles. The Balaban J connectivity index is 1.50. The molecule has 1 unspecified atom stereocenters. The molecule has 0 saturated carbocycles. The first kappa shape index (κ1) is 24.7. The molecule has 35 heavy (non-hydrogen) atoms. The van der Waals surface area contributed by atoms with Crippen LogP contribution in [0.5, 0.6) is 0 Å². The van der Waals surface area contributed by atoms with Crippen molar-refractivity contribution >= 4 is 6.08 Å².